The molecule has 2 amide bonds. The number of carbonyl (C=O) groups excluding carboxylic acids is 2. The Hall–Kier alpha value is -1.79. The largest absolute Gasteiger partial charge is 0.481 e. The summed E-state index contributed by atoms with van der Waals surface area (Å²) < 4.78 is 4.73. The second-order valence-electron chi connectivity index (χ2n) is 4.15. The van der Waals surface area contributed by atoms with Crippen molar-refractivity contribution in [2.75, 3.05) is 13.2 Å². The van der Waals surface area contributed by atoms with Gasteiger partial charge in [0, 0.05) is 6.54 Å². The number of hydrogen-bond donors (Lipinski definition) is 3. The van der Waals surface area contributed by atoms with Gasteiger partial charge in [-0.1, -0.05) is 13.3 Å². The highest BCUT2D eigenvalue weighted by Gasteiger charge is 2.19. The minimum atomic E-state index is -0.944. The van der Waals surface area contributed by atoms with Crippen molar-refractivity contribution >= 4 is 18.0 Å². The highest BCUT2D eigenvalue weighted by Crippen LogP contribution is 2.04. The monoisotopic (exact) mass is 274 g/mol. The summed E-state index contributed by atoms with van der Waals surface area (Å²) in [5.41, 5.74) is 0. The predicted molar refractivity (Wildman–Crippen MR) is 68.7 cm³/mol. The topological polar surface area (TPSA) is 105 Å². The maximum Gasteiger partial charge on any atom is 0.328 e. The molecule has 19 heavy (non-hydrogen) atoms. The molecule has 0 fully saturated rings. The van der Waals surface area contributed by atoms with E-state index in [0.717, 1.165) is 6.42 Å². The van der Waals surface area contributed by atoms with E-state index in [4.69, 9.17) is 9.84 Å². The third kappa shape index (κ3) is 7.28. The Balaban J connectivity index is 4.10. The molecule has 2 unspecified atom stereocenters. The minimum absolute atomic E-state index is 0.0323. The molecule has 0 aromatic heterocycles. The van der Waals surface area contributed by atoms with E-state index in [1.54, 1.807) is 6.92 Å². The number of aliphatic carboxylic acids is 1. The molecule has 0 saturated heterocycles. The van der Waals surface area contributed by atoms with Gasteiger partial charge in [-0.05, 0) is 20.3 Å². The van der Waals surface area contributed by atoms with Gasteiger partial charge in [0.2, 0.25) is 0 Å². The van der Waals surface area contributed by atoms with Crippen LogP contribution in [-0.2, 0) is 14.3 Å². The molecule has 110 valence electrons. The first kappa shape index (κ1) is 17.2. The van der Waals surface area contributed by atoms with Crippen LogP contribution in [0.2, 0.25) is 0 Å². The van der Waals surface area contributed by atoms with Crippen molar-refractivity contribution in [1.82, 2.24) is 10.6 Å². The molecule has 7 heteroatoms. The molecular formula is C12H22N2O5. The van der Waals surface area contributed by atoms with Crippen LogP contribution in [-0.4, -0.2) is 42.3 Å². The van der Waals surface area contributed by atoms with Crippen LogP contribution in [0.3, 0.4) is 0 Å². The number of amides is 2. The van der Waals surface area contributed by atoms with Crippen LogP contribution in [0.5, 0.6) is 0 Å². The van der Waals surface area contributed by atoms with Crippen molar-refractivity contribution in [2.24, 2.45) is 5.92 Å². The number of carboxylic acids is 1. The number of hydrogen-bond acceptors (Lipinski definition) is 4. The number of carboxylic acid groups (broad SMARTS) is 1. The molecule has 0 heterocycles. The molecule has 0 saturated carbocycles. The van der Waals surface area contributed by atoms with Crippen LogP contribution in [0.25, 0.3) is 0 Å². The standard InChI is InChI=1S/C12H22N2O5/c1-4-6-9(10(15)16)7-13-12(18)14-8(3)11(17)19-5-2/h8-9H,4-7H2,1-3H3,(H,15,16)(H2,13,14,18). The van der Waals surface area contributed by atoms with Crippen molar-refractivity contribution in [3.05, 3.63) is 0 Å². The number of carbonyl (C=O) groups is 3. The van der Waals surface area contributed by atoms with Crippen LogP contribution < -0.4 is 10.6 Å². The predicted octanol–water partition coefficient (Wildman–Crippen LogP) is 0.738. The average Bonchev–Trinajstić information content (AvgIpc) is 2.34. The van der Waals surface area contributed by atoms with Gasteiger partial charge in [-0.3, -0.25) is 4.79 Å². The Morgan fingerprint density at radius 1 is 1.26 bits per heavy atom. The lowest BCUT2D eigenvalue weighted by Gasteiger charge is -2.15. The van der Waals surface area contributed by atoms with Gasteiger partial charge in [-0.15, -0.1) is 0 Å². The third-order valence-electron chi connectivity index (χ3n) is 2.48. The Morgan fingerprint density at radius 2 is 1.89 bits per heavy atom. The Bertz CT molecular complexity index is 319. The molecule has 0 aliphatic heterocycles. The zero-order chi connectivity index (χ0) is 14.8. The molecule has 0 spiro atoms. The van der Waals surface area contributed by atoms with Gasteiger partial charge >= 0.3 is 18.0 Å². The lowest BCUT2D eigenvalue weighted by atomic mass is 10.0. The molecule has 0 bridgehead atoms. The molecule has 0 aliphatic carbocycles. The van der Waals surface area contributed by atoms with Crippen LogP contribution >= 0.6 is 0 Å². The van der Waals surface area contributed by atoms with Crippen LogP contribution in [0, 0.1) is 5.92 Å². The molecule has 0 aromatic rings. The van der Waals surface area contributed by atoms with Gasteiger partial charge in [0.15, 0.2) is 0 Å². The van der Waals surface area contributed by atoms with E-state index in [1.165, 1.54) is 6.92 Å². The minimum Gasteiger partial charge on any atom is -0.481 e. The van der Waals surface area contributed by atoms with E-state index in [0.29, 0.717) is 6.42 Å². The SMILES string of the molecule is CCCC(CNC(=O)NC(C)C(=O)OCC)C(=O)O. The van der Waals surface area contributed by atoms with Gasteiger partial charge in [0.25, 0.3) is 0 Å². The zero-order valence-electron chi connectivity index (χ0n) is 11.6. The highest BCUT2D eigenvalue weighted by molar-refractivity contribution is 5.83. The van der Waals surface area contributed by atoms with Crippen molar-refractivity contribution in [3.8, 4) is 0 Å². The molecule has 0 radical (unpaired) electrons. The van der Waals surface area contributed by atoms with Crippen LogP contribution in [0.4, 0.5) is 4.79 Å². The number of esters is 1. The fourth-order valence-corrected chi connectivity index (χ4v) is 1.45. The van der Waals surface area contributed by atoms with E-state index < -0.39 is 29.9 Å². The van der Waals surface area contributed by atoms with E-state index in [-0.39, 0.29) is 13.2 Å². The maximum absolute atomic E-state index is 11.5. The van der Waals surface area contributed by atoms with Crippen molar-refractivity contribution in [2.45, 2.75) is 39.7 Å². The molecule has 0 aromatic carbocycles. The number of urea groups is 1. The maximum atomic E-state index is 11.5. The fourth-order valence-electron chi connectivity index (χ4n) is 1.45. The average molecular weight is 274 g/mol. The normalized spacial score (nSPS) is 13.2. The molecule has 0 rings (SSSR count). The van der Waals surface area contributed by atoms with Gasteiger partial charge in [0.1, 0.15) is 6.04 Å². The smallest absolute Gasteiger partial charge is 0.328 e. The van der Waals surface area contributed by atoms with Gasteiger partial charge in [-0.2, -0.15) is 0 Å². The summed E-state index contributed by atoms with van der Waals surface area (Å²) in [6.07, 6.45) is 1.21. The first-order valence-electron chi connectivity index (χ1n) is 6.36. The summed E-state index contributed by atoms with van der Waals surface area (Å²) >= 11 is 0. The quantitative estimate of drug-likeness (QED) is 0.566. The number of ether oxygens (including phenoxy) is 1. The zero-order valence-corrected chi connectivity index (χ0v) is 11.6. The van der Waals surface area contributed by atoms with E-state index in [9.17, 15) is 14.4 Å². The summed E-state index contributed by atoms with van der Waals surface area (Å²) in [7, 11) is 0. The summed E-state index contributed by atoms with van der Waals surface area (Å²) in [5, 5.41) is 13.7. The van der Waals surface area contributed by atoms with Crippen LogP contribution in [0.15, 0.2) is 0 Å². The molecule has 3 N–H and O–H groups in total. The molecular weight excluding hydrogens is 252 g/mol. The van der Waals surface area contributed by atoms with Crippen molar-refractivity contribution in [1.29, 1.82) is 0 Å². The second-order valence-corrected chi connectivity index (χ2v) is 4.15. The van der Waals surface area contributed by atoms with Gasteiger partial charge < -0.3 is 20.5 Å². The third-order valence-corrected chi connectivity index (χ3v) is 2.48. The summed E-state index contributed by atoms with van der Waals surface area (Å²) in [6.45, 7) is 5.32. The van der Waals surface area contributed by atoms with Crippen molar-refractivity contribution in [3.63, 3.8) is 0 Å². The van der Waals surface area contributed by atoms with E-state index >= 15 is 0 Å². The summed E-state index contributed by atoms with van der Waals surface area (Å²) in [4.78, 5) is 33.6. The molecule has 0 aliphatic rings. The van der Waals surface area contributed by atoms with E-state index in [2.05, 4.69) is 10.6 Å². The van der Waals surface area contributed by atoms with Gasteiger partial charge in [-0.25, -0.2) is 9.59 Å². The van der Waals surface area contributed by atoms with E-state index in [1.807, 2.05) is 6.92 Å². The second kappa shape index (κ2) is 9.18. The van der Waals surface area contributed by atoms with Crippen molar-refractivity contribution < 1.29 is 24.2 Å². The lowest BCUT2D eigenvalue weighted by Crippen LogP contribution is -2.46. The first-order valence-corrected chi connectivity index (χ1v) is 6.36. The van der Waals surface area contributed by atoms with Crippen LogP contribution in [0.1, 0.15) is 33.6 Å². The Labute approximate surface area is 112 Å². The molecule has 7 nitrogen and oxygen atoms in total. The Morgan fingerprint density at radius 3 is 2.37 bits per heavy atom. The summed E-state index contributed by atoms with van der Waals surface area (Å²) in [6, 6.07) is -1.35. The first-order chi connectivity index (χ1) is 8.92. The lowest BCUT2D eigenvalue weighted by molar-refractivity contribution is -0.145. The Kier molecular flexibility index (Phi) is 8.32. The summed E-state index contributed by atoms with van der Waals surface area (Å²) in [5.74, 6) is -2.09. The molecule has 2 atom stereocenters. The number of nitrogens with one attached hydrogen (secondary N) is 2. The number of rotatable bonds is 8. The van der Waals surface area contributed by atoms with Gasteiger partial charge in [0.05, 0.1) is 12.5 Å². The highest BCUT2D eigenvalue weighted by atomic mass is 16.5. The fraction of sp³-hybridized carbons (Fsp3) is 0.750.